The Morgan fingerprint density at radius 1 is 0.875 bits per heavy atom. The van der Waals surface area contributed by atoms with Crippen molar-refractivity contribution in [1.82, 2.24) is 9.37 Å². The Labute approximate surface area is 199 Å². The van der Waals surface area contributed by atoms with Gasteiger partial charge in [-0.15, -0.1) is 0 Å². The van der Waals surface area contributed by atoms with Gasteiger partial charge in [-0.1, -0.05) is 19.7 Å². The molecule has 2 fully saturated rings. The molecule has 1 atom stereocenters. The zero-order valence-corrected chi connectivity index (χ0v) is 22.3. The van der Waals surface area contributed by atoms with Crippen LogP contribution in [0.5, 0.6) is 0 Å². The van der Waals surface area contributed by atoms with Gasteiger partial charge in [-0.25, -0.2) is 4.31 Å². The van der Waals surface area contributed by atoms with Crippen molar-refractivity contribution in [1.29, 1.82) is 0 Å². The molecule has 0 aliphatic carbocycles. The monoisotopic (exact) mass is 472 g/mol. The Bertz CT molecular complexity index is 671. The SMILES string of the molecule is CCC(CC(=O)OC1CC(C)(C)N(S)C(C)(C)C1)C(=O)OC1CC(C)(C)N(O)C(C)(C)C1. The number of piperidine rings is 2. The molecule has 7 nitrogen and oxygen atoms in total. The minimum Gasteiger partial charge on any atom is -0.462 e. The van der Waals surface area contributed by atoms with Crippen LogP contribution < -0.4 is 0 Å². The minimum atomic E-state index is -0.535. The van der Waals surface area contributed by atoms with Gasteiger partial charge >= 0.3 is 11.9 Å². The number of hydrogen-bond donors (Lipinski definition) is 2. The van der Waals surface area contributed by atoms with Crippen molar-refractivity contribution in [2.75, 3.05) is 0 Å². The van der Waals surface area contributed by atoms with Gasteiger partial charge in [-0.2, -0.15) is 5.06 Å². The number of carbonyl (C=O) groups is 2. The van der Waals surface area contributed by atoms with E-state index in [2.05, 4.69) is 40.5 Å². The lowest BCUT2D eigenvalue weighted by Gasteiger charge is -2.51. The topological polar surface area (TPSA) is 79.3 Å². The van der Waals surface area contributed by atoms with Crippen LogP contribution in [0.4, 0.5) is 0 Å². The Balaban J connectivity index is 1.96. The van der Waals surface area contributed by atoms with Gasteiger partial charge in [0.2, 0.25) is 0 Å². The van der Waals surface area contributed by atoms with E-state index in [-0.39, 0.29) is 41.6 Å². The Morgan fingerprint density at radius 3 is 1.72 bits per heavy atom. The number of rotatable bonds is 6. The summed E-state index contributed by atoms with van der Waals surface area (Å²) < 4.78 is 13.7. The molecule has 1 N–H and O–H groups in total. The van der Waals surface area contributed by atoms with Crippen LogP contribution in [0.25, 0.3) is 0 Å². The predicted octanol–water partition coefficient (Wildman–Crippen LogP) is 4.77. The van der Waals surface area contributed by atoms with E-state index in [1.165, 1.54) is 5.06 Å². The van der Waals surface area contributed by atoms with Crippen molar-refractivity contribution in [3.05, 3.63) is 0 Å². The molecule has 2 aliphatic heterocycles. The third kappa shape index (κ3) is 6.19. The Hall–Kier alpha value is -0.830. The summed E-state index contributed by atoms with van der Waals surface area (Å²) in [6.45, 7) is 18.0. The number of hydroxylamine groups is 2. The van der Waals surface area contributed by atoms with Gasteiger partial charge < -0.3 is 14.7 Å². The first-order chi connectivity index (χ1) is 14.4. The molecule has 8 heteroatoms. The van der Waals surface area contributed by atoms with Gasteiger partial charge in [-0.05, 0) is 61.8 Å². The van der Waals surface area contributed by atoms with E-state index < -0.39 is 17.0 Å². The lowest BCUT2D eigenvalue weighted by molar-refractivity contribution is -0.260. The molecule has 0 saturated carbocycles. The van der Waals surface area contributed by atoms with E-state index in [0.717, 1.165) is 0 Å². The molecule has 0 bridgehead atoms. The summed E-state index contributed by atoms with van der Waals surface area (Å²) in [5.74, 6) is -1.26. The van der Waals surface area contributed by atoms with Gasteiger partial charge in [-0.3, -0.25) is 9.59 Å². The van der Waals surface area contributed by atoms with Crippen molar-refractivity contribution < 1.29 is 24.3 Å². The number of hydrogen-bond acceptors (Lipinski definition) is 8. The maximum absolute atomic E-state index is 12.9. The van der Waals surface area contributed by atoms with Gasteiger partial charge in [0.05, 0.1) is 12.3 Å². The maximum Gasteiger partial charge on any atom is 0.309 e. The van der Waals surface area contributed by atoms with E-state index in [4.69, 9.17) is 9.47 Å². The highest BCUT2D eigenvalue weighted by molar-refractivity contribution is 7.77. The fourth-order valence-corrected chi connectivity index (χ4v) is 5.78. The van der Waals surface area contributed by atoms with Crippen LogP contribution in [-0.2, 0) is 19.1 Å². The molecule has 0 radical (unpaired) electrons. The zero-order valence-electron chi connectivity index (χ0n) is 21.4. The number of ether oxygens (including phenoxy) is 2. The molecule has 0 aromatic rings. The standard InChI is InChI=1S/C24H44N2O5S/c1-10-16(20(28)31-18-12-21(2,3)25(29)22(4,5)13-18)11-19(27)30-17-14-23(6,7)26(32)24(8,9)15-17/h16-18,29,32H,10-15H2,1-9H3. The van der Waals surface area contributed by atoms with E-state index in [9.17, 15) is 14.8 Å². The molecule has 0 spiro atoms. The molecule has 2 rings (SSSR count). The molecule has 0 aromatic carbocycles. The van der Waals surface area contributed by atoms with Gasteiger partial charge in [0, 0.05) is 47.8 Å². The third-order valence-electron chi connectivity index (χ3n) is 7.02. The fraction of sp³-hybridized carbons (Fsp3) is 0.917. The molecule has 186 valence electrons. The first kappa shape index (κ1) is 27.4. The smallest absolute Gasteiger partial charge is 0.309 e. The minimum absolute atomic E-state index is 0.0168. The van der Waals surface area contributed by atoms with E-state index >= 15 is 0 Å². The van der Waals surface area contributed by atoms with Crippen molar-refractivity contribution in [2.24, 2.45) is 5.92 Å². The lowest BCUT2D eigenvalue weighted by Crippen LogP contribution is -2.60. The van der Waals surface area contributed by atoms with Crippen molar-refractivity contribution in [3.8, 4) is 0 Å². The molecule has 2 aliphatic rings. The van der Waals surface area contributed by atoms with E-state index in [0.29, 0.717) is 32.1 Å². The average molecular weight is 473 g/mol. The van der Waals surface area contributed by atoms with Crippen LogP contribution in [0.15, 0.2) is 0 Å². The van der Waals surface area contributed by atoms with Crippen LogP contribution in [0, 0.1) is 5.92 Å². The normalized spacial score (nSPS) is 27.0. The lowest BCUT2D eigenvalue weighted by atomic mass is 9.80. The average Bonchev–Trinajstić information content (AvgIpc) is 2.61. The number of carbonyl (C=O) groups excluding carboxylic acids is 2. The summed E-state index contributed by atoms with van der Waals surface area (Å²) in [5.41, 5.74) is -1.43. The molecular weight excluding hydrogens is 428 g/mol. The first-order valence-electron chi connectivity index (χ1n) is 11.8. The summed E-state index contributed by atoms with van der Waals surface area (Å²) in [6.07, 6.45) is 2.46. The highest BCUT2D eigenvalue weighted by Gasteiger charge is 2.47. The summed E-state index contributed by atoms with van der Waals surface area (Å²) in [5, 5.41) is 11.8. The fourth-order valence-electron chi connectivity index (χ4n) is 5.61. The van der Waals surface area contributed by atoms with Crippen molar-refractivity contribution >= 4 is 24.8 Å². The Morgan fingerprint density at radius 2 is 1.28 bits per heavy atom. The number of nitrogens with zero attached hydrogens (tertiary/aromatic N) is 2. The Kier molecular flexibility index (Phi) is 8.08. The van der Waals surface area contributed by atoms with Crippen molar-refractivity contribution in [3.63, 3.8) is 0 Å². The van der Waals surface area contributed by atoms with Gasteiger partial charge in [0.25, 0.3) is 0 Å². The van der Waals surface area contributed by atoms with Crippen LogP contribution in [0.1, 0.15) is 101 Å². The zero-order chi connectivity index (χ0) is 24.7. The van der Waals surface area contributed by atoms with Gasteiger partial charge in [0.15, 0.2) is 0 Å². The second kappa shape index (κ2) is 9.43. The summed E-state index contributed by atoms with van der Waals surface area (Å²) in [4.78, 5) is 25.6. The summed E-state index contributed by atoms with van der Waals surface area (Å²) >= 11 is 4.66. The third-order valence-corrected chi connectivity index (χ3v) is 8.11. The number of thiol groups is 1. The highest BCUT2D eigenvalue weighted by Crippen LogP contribution is 2.41. The van der Waals surface area contributed by atoms with Crippen LogP contribution in [0.3, 0.4) is 0 Å². The predicted molar refractivity (Wildman–Crippen MR) is 127 cm³/mol. The molecule has 0 amide bonds. The van der Waals surface area contributed by atoms with Crippen LogP contribution in [-0.4, -0.2) is 60.9 Å². The molecular formula is C24H44N2O5S. The molecule has 2 heterocycles. The summed E-state index contributed by atoms with van der Waals surface area (Å²) in [7, 11) is 0. The molecule has 0 aromatic heterocycles. The highest BCUT2D eigenvalue weighted by atomic mass is 32.1. The van der Waals surface area contributed by atoms with Crippen LogP contribution >= 0.6 is 12.8 Å². The summed E-state index contributed by atoms with van der Waals surface area (Å²) in [6, 6.07) is 0. The second-order valence-corrected chi connectivity index (χ2v) is 12.6. The maximum atomic E-state index is 12.9. The number of esters is 2. The second-order valence-electron chi connectivity index (χ2n) is 12.2. The molecule has 2 saturated heterocycles. The molecule has 1 unspecified atom stereocenters. The largest absolute Gasteiger partial charge is 0.462 e. The van der Waals surface area contributed by atoms with Gasteiger partial charge in [0.1, 0.15) is 12.2 Å². The molecule has 32 heavy (non-hydrogen) atoms. The van der Waals surface area contributed by atoms with E-state index in [1.807, 2.05) is 38.9 Å². The van der Waals surface area contributed by atoms with Crippen LogP contribution in [0.2, 0.25) is 0 Å². The first-order valence-corrected chi connectivity index (χ1v) is 12.2. The van der Waals surface area contributed by atoms with Crippen molar-refractivity contribution in [2.45, 2.75) is 135 Å². The quantitative estimate of drug-likeness (QED) is 0.426. The van der Waals surface area contributed by atoms with E-state index in [1.54, 1.807) is 0 Å².